The van der Waals surface area contributed by atoms with Gasteiger partial charge in [-0.2, -0.15) is 0 Å². The van der Waals surface area contributed by atoms with Crippen molar-refractivity contribution >= 4 is 0 Å². The van der Waals surface area contributed by atoms with Crippen molar-refractivity contribution in [3.8, 4) is 0 Å². The Morgan fingerprint density at radius 3 is 1.64 bits per heavy atom. The fourth-order valence-corrected chi connectivity index (χ4v) is 2.48. The zero-order chi connectivity index (χ0) is 15.4. The fraction of sp³-hybridized carbons (Fsp3) is 0.200. The second-order valence-corrected chi connectivity index (χ2v) is 5.68. The Labute approximate surface area is 131 Å². The molecule has 0 fully saturated rings. The van der Waals surface area contributed by atoms with Crippen molar-refractivity contribution in [1.82, 2.24) is 0 Å². The molecule has 0 bridgehead atoms. The van der Waals surface area contributed by atoms with Gasteiger partial charge in [0.2, 0.25) is 0 Å². The molecule has 0 amide bonds. The second-order valence-electron chi connectivity index (χ2n) is 5.68. The van der Waals surface area contributed by atoms with Crippen molar-refractivity contribution < 1.29 is 9.52 Å². The predicted octanol–water partition coefficient (Wildman–Crippen LogP) is 4.26. The van der Waals surface area contributed by atoms with Crippen LogP contribution < -0.4 is 0 Å². The minimum atomic E-state index is 0.0850. The molecule has 0 aliphatic rings. The van der Waals surface area contributed by atoms with Crippen LogP contribution >= 0.6 is 0 Å². The summed E-state index contributed by atoms with van der Waals surface area (Å²) >= 11 is 0. The average molecular weight is 292 g/mol. The molecule has 2 heteroatoms. The maximum Gasteiger partial charge on any atom is 0.108 e. The van der Waals surface area contributed by atoms with E-state index in [1.54, 1.807) is 0 Å². The Balaban J connectivity index is 1.66. The molecule has 112 valence electrons. The molecule has 0 radical (unpaired) electrons. The number of hydrogen-bond acceptors (Lipinski definition) is 2. The molecule has 3 rings (SSSR count). The molecule has 1 heterocycles. The van der Waals surface area contributed by atoms with Gasteiger partial charge in [-0.25, -0.2) is 0 Å². The molecule has 3 aromatic rings. The van der Waals surface area contributed by atoms with Gasteiger partial charge in [0.05, 0.1) is 6.61 Å². The van der Waals surface area contributed by atoms with E-state index >= 15 is 0 Å². The van der Waals surface area contributed by atoms with E-state index in [2.05, 4.69) is 37.3 Å². The first kappa shape index (κ1) is 14.6. The van der Waals surface area contributed by atoms with Gasteiger partial charge in [-0.05, 0) is 35.7 Å². The number of aliphatic hydroxyl groups is 1. The van der Waals surface area contributed by atoms with Gasteiger partial charge in [0.1, 0.15) is 11.5 Å². The van der Waals surface area contributed by atoms with Crippen LogP contribution in [0.15, 0.2) is 65.1 Å². The van der Waals surface area contributed by atoms with Crippen molar-refractivity contribution in [2.75, 3.05) is 0 Å². The molecule has 0 unspecified atom stereocenters. The number of hydrogen-bond donors (Lipinski definition) is 1. The maximum absolute atomic E-state index is 9.06. The predicted molar refractivity (Wildman–Crippen MR) is 87.9 cm³/mol. The third kappa shape index (κ3) is 3.66. The topological polar surface area (TPSA) is 33.4 Å². The summed E-state index contributed by atoms with van der Waals surface area (Å²) in [6.45, 7) is 2.18. The molecular formula is C20H20O2. The van der Waals surface area contributed by atoms with Crippen LogP contribution in [0, 0.1) is 6.92 Å². The summed E-state index contributed by atoms with van der Waals surface area (Å²) < 4.78 is 5.93. The molecule has 0 saturated carbocycles. The Bertz CT molecular complexity index is 721. The van der Waals surface area contributed by atoms with Crippen molar-refractivity contribution in [3.63, 3.8) is 0 Å². The third-order valence-electron chi connectivity index (χ3n) is 3.80. The van der Waals surface area contributed by atoms with E-state index in [1.165, 1.54) is 16.7 Å². The van der Waals surface area contributed by atoms with Crippen LogP contribution in [0.1, 0.15) is 33.8 Å². The van der Waals surface area contributed by atoms with Gasteiger partial charge in [0.15, 0.2) is 0 Å². The van der Waals surface area contributed by atoms with E-state index < -0.39 is 0 Å². The maximum atomic E-state index is 9.06. The van der Waals surface area contributed by atoms with Crippen molar-refractivity contribution in [1.29, 1.82) is 0 Å². The highest BCUT2D eigenvalue weighted by Crippen LogP contribution is 2.17. The highest BCUT2D eigenvalue weighted by molar-refractivity contribution is 5.28. The molecule has 0 aliphatic heterocycles. The third-order valence-corrected chi connectivity index (χ3v) is 3.80. The van der Waals surface area contributed by atoms with Gasteiger partial charge in [0.25, 0.3) is 0 Å². The quantitative estimate of drug-likeness (QED) is 0.762. The lowest BCUT2D eigenvalue weighted by molar-refractivity contribution is 0.282. The number of furan rings is 1. The first-order valence-corrected chi connectivity index (χ1v) is 7.55. The molecule has 1 N–H and O–H groups in total. The normalized spacial score (nSPS) is 10.8. The number of benzene rings is 2. The summed E-state index contributed by atoms with van der Waals surface area (Å²) in [6.07, 6.45) is 1.60. The first-order chi connectivity index (χ1) is 10.7. The van der Waals surface area contributed by atoms with E-state index in [9.17, 15) is 0 Å². The van der Waals surface area contributed by atoms with Gasteiger partial charge in [-0.15, -0.1) is 0 Å². The number of aliphatic hydroxyl groups excluding tert-OH is 1. The molecule has 22 heavy (non-hydrogen) atoms. The number of rotatable bonds is 5. The number of aryl methyl sites for hydroxylation is 1. The fourth-order valence-electron chi connectivity index (χ4n) is 2.48. The van der Waals surface area contributed by atoms with Gasteiger partial charge in [-0.1, -0.05) is 54.1 Å². The molecular weight excluding hydrogens is 272 g/mol. The smallest absolute Gasteiger partial charge is 0.108 e. The van der Waals surface area contributed by atoms with E-state index in [-0.39, 0.29) is 6.61 Å². The van der Waals surface area contributed by atoms with E-state index in [1.807, 2.05) is 30.3 Å². The summed E-state index contributed by atoms with van der Waals surface area (Å²) in [4.78, 5) is 0. The minimum Gasteiger partial charge on any atom is -0.465 e. The average Bonchev–Trinajstić information content (AvgIpc) is 2.97. The second kappa shape index (κ2) is 6.63. The van der Waals surface area contributed by atoms with E-state index in [0.717, 1.165) is 29.9 Å². The lowest BCUT2D eigenvalue weighted by Gasteiger charge is -2.01. The first-order valence-electron chi connectivity index (χ1n) is 7.55. The van der Waals surface area contributed by atoms with Crippen LogP contribution in [-0.4, -0.2) is 5.11 Å². The van der Waals surface area contributed by atoms with Crippen LogP contribution in [-0.2, 0) is 19.4 Å². The zero-order valence-electron chi connectivity index (χ0n) is 12.8. The molecule has 1 aromatic heterocycles. The molecule has 0 spiro atoms. The summed E-state index contributed by atoms with van der Waals surface area (Å²) in [5.41, 5.74) is 4.66. The standard InChI is InChI=1S/C20H20O2/c1-15-2-4-16(5-3-15)12-19-10-11-20(22-19)13-17-6-8-18(14-21)9-7-17/h2-11,21H,12-14H2,1H3. The summed E-state index contributed by atoms with van der Waals surface area (Å²) in [7, 11) is 0. The minimum absolute atomic E-state index is 0.0850. The van der Waals surface area contributed by atoms with Gasteiger partial charge >= 0.3 is 0 Å². The van der Waals surface area contributed by atoms with Crippen molar-refractivity contribution in [2.24, 2.45) is 0 Å². The monoisotopic (exact) mass is 292 g/mol. The molecule has 2 nitrogen and oxygen atoms in total. The largest absolute Gasteiger partial charge is 0.465 e. The van der Waals surface area contributed by atoms with Gasteiger partial charge < -0.3 is 9.52 Å². The lowest BCUT2D eigenvalue weighted by Crippen LogP contribution is -1.88. The zero-order valence-corrected chi connectivity index (χ0v) is 12.8. The summed E-state index contributed by atoms with van der Waals surface area (Å²) in [5, 5.41) is 9.06. The van der Waals surface area contributed by atoms with Crippen molar-refractivity contribution in [2.45, 2.75) is 26.4 Å². The van der Waals surface area contributed by atoms with Crippen molar-refractivity contribution in [3.05, 3.63) is 94.4 Å². The highest BCUT2D eigenvalue weighted by atomic mass is 16.3. The Hall–Kier alpha value is -2.32. The SMILES string of the molecule is Cc1ccc(Cc2ccc(Cc3ccc(CO)cc3)o2)cc1. The van der Waals surface area contributed by atoms with E-state index in [0.29, 0.717) is 0 Å². The lowest BCUT2D eigenvalue weighted by atomic mass is 10.1. The molecule has 0 aliphatic carbocycles. The highest BCUT2D eigenvalue weighted by Gasteiger charge is 2.05. The Kier molecular flexibility index (Phi) is 4.40. The molecule has 0 atom stereocenters. The molecule has 2 aromatic carbocycles. The van der Waals surface area contributed by atoms with E-state index in [4.69, 9.17) is 9.52 Å². The Morgan fingerprint density at radius 2 is 1.14 bits per heavy atom. The van der Waals surface area contributed by atoms with Gasteiger partial charge in [-0.3, -0.25) is 0 Å². The van der Waals surface area contributed by atoms with Crippen LogP contribution in [0.4, 0.5) is 0 Å². The Morgan fingerprint density at radius 1 is 0.682 bits per heavy atom. The van der Waals surface area contributed by atoms with Crippen LogP contribution in [0.5, 0.6) is 0 Å². The summed E-state index contributed by atoms with van der Waals surface area (Å²) in [6, 6.07) is 20.6. The van der Waals surface area contributed by atoms with Crippen LogP contribution in [0.25, 0.3) is 0 Å². The van der Waals surface area contributed by atoms with Crippen LogP contribution in [0.3, 0.4) is 0 Å². The van der Waals surface area contributed by atoms with Gasteiger partial charge in [0, 0.05) is 12.8 Å². The summed E-state index contributed by atoms with van der Waals surface area (Å²) in [5.74, 6) is 1.96. The van der Waals surface area contributed by atoms with Crippen LogP contribution in [0.2, 0.25) is 0 Å². The molecule has 0 saturated heterocycles.